The third-order valence-corrected chi connectivity index (χ3v) is 0.599. The van der Waals surface area contributed by atoms with Crippen molar-refractivity contribution in [1.82, 2.24) is 20.6 Å². The summed E-state index contributed by atoms with van der Waals surface area (Å²) < 4.78 is 0. The van der Waals surface area contributed by atoms with Gasteiger partial charge < -0.3 is 10.1 Å². The van der Waals surface area contributed by atoms with Crippen molar-refractivity contribution in [2.75, 3.05) is 0 Å². The average molecular weight is 127 g/mol. The van der Waals surface area contributed by atoms with Crippen LogP contribution in [-0.4, -0.2) is 25.5 Å². The van der Waals surface area contributed by atoms with Crippen LogP contribution in [-0.2, 0) is 0 Å². The Morgan fingerprint density at radius 2 is 2.33 bits per heavy atom. The quantitative estimate of drug-likeness (QED) is 0.361. The van der Waals surface area contributed by atoms with Crippen molar-refractivity contribution in [3.8, 4) is 0 Å². The summed E-state index contributed by atoms with van der Waals surface area (Å²) in [6, 6.07) is 0. The van der Waals surface area contributed by atoms with Crippen LogP contribution in [0.15, 0.2) is 6.20 Å². The molecule has 0 atom stereocenters. The SMILES string of the molecule is O=[N+]([O-])c1cnnnn1. The monoisotopic (exact) mass is 127 g/mol. The van der Waals surface area contributed by atoms with Crippen LogP contribution in [0.25, 0.3) is 0 Å². The molecule has 1 heterocycles. The molecule has 0 aliphatic rings. The van der Waals surface area contributed by atoms with Gasteiger partial charge in [-0.2, -0.15) is 0 Å². The van der Waals surface area contributed by atoms with Gasteiger partial charge in [0.2, 0.25) is 0 Å². The molecular formula is C2HN5O2. The zero-order chi connectivity index (χ0) is 6.69. The lowest BCUT2D eigenvalue weighted by Gasteiger charge is -1.83. The Hall–Kier alpha value is -1.66. The van der Waals surface area contributed by atoms with Crippen molar-refractivity contribution in [3.63, 3.8) is 0 Å². The maximum Gasteiger partial charge on any atom is 0.412 e. The van der Waals surface area contributed by atoms with Gasteiger partial charge >= 0.3 is 5.82 Å². The highest BCUT2D eigenvalue weighted by Gasteiger charge is 2.04. The molecule has 0 radical (unpaired) electrons. The number of nitro groups is 1. The van der Waals surface area contributed by atoms with E-state index in [0.717, 1.165) is 6.20 Å². The predicted molar refractivity (Wildman–Crippen MR) is 24.3 cm³/mol. The Morgan fingerprint density at radius 1 is 1.56 bits per heavy atom. The molecule has 0 N–H and O–H groups in total. The van der Waals surface area contributed by atoms with E-state index in [2.05, 4.69) is 20.6 Å². The molecule has 0 aliphatic heterocycles. The molecule has 9 heavy (non-hydrogen) atoms. The van der Waals surface area contributed by atoms with Crippen LogP contribution in [0.3, 0.4) is 0 Å². The van der Waals surface area contributed by atoms with Crippen LogP contribution in [0.5, 0.6) is 0 Å². The van der Waals surface area contributed by atoms with E-state index in [0.29, 0.717) is 0 Å². The molecule has 0 saturated carbocycles. The Labute approximate surface area is 48.9 Å². The zero-order valence-corrected chi connectivity index (χ0v) is 4.13. The van der Waals surface area contributed by atoms with Crippen molar-refractivity contribution >= 4 is 5.82 Å². The fraction of sp³-hybridized carbons (Fsp3) is 0. The summed E-state index contributed by atoms with van der Waals surface area (Å²) in [6.45, 7) is 0. The van der Waals surface area contributed by atoms with Gasteiger partial charge in [-0.1, -0.05) is 0 Å². The van der Waals surface area contributed by atoms with Gasteiger partial charge in [-0.15, -0.1) is 5.10 Å². The number of hydrogen-bond acceptors (Lipinski definition) is 6. The van der Waals surface area contributed by atoms with E-state index in [4.69, 9.17) is 0 Å². The molecule has 0 amide bonds. The van der Waals surface area contributed by atoms with E-state index < -0.39 is 10.7 Å². The van der Waals surface area contributed by atoms with Crippen molar-refractivity contribution < 1.29 is 4.92 Å². The second-order valence-electron chi connectivity index (χ2n) is 1.14. The van der Waals surface area contributed by atoms with E-state index in [9.17, 15) is 10.1 Å². The highest BCUT2D eigenvalue weighted by atomic mass is 16.6. The minimum Gasteiger partial charge on any atom is -0.358 e. The molecule has 0 unspecified atom stereocenters. The minimum atomic E-state index is -0.693. The van der Waals surface area contributed by atoms with Gasteiger partial charge in [0.05, 0.1) is 5.21 Å². The first kappa shape index (κ1) is 5.48. The van der Waals surface area contributed by atoms with Crippen LogP contribution < -0.4 is 0 Å². The molecule has 0 spiro atoms. The van der Waals surface area contributed by atoms with Crippen LogP contribution in [0, 0.1) is 10.1 Å². The summed E-state index contributed by atoms with van der Waals surface area (Å²) >= 11 is 0. The molecule has 0 bridgehead atoms. The largest absolute Gasteiger partial charge is 0.412 e. The van der Waals surface area contributed by atoms with Crippen LogP contribution >= 0.6 is 0 Å². The van der Waals surface area contributed by atoms with Crippen LogP contribution in [0.2, 0.25) is 0 Å². The Bertz CT molecular complexity index is 209. The molecule has 0 aromatic carbocycles. The number of rotatable bonds is 1. The van der Waals surface area contributed by atoms with E-state index in [1.54, 1.807) is 0 Å². The van der Waals surface area contributed by atoms with Crippen molar-refractivity contribution in [1.29, 1.82) is 0 Å². The van der Waals surface area contributed by atoms with Crippen molar-refractivity contribution in [2.45, 2.75) is 0 Å². The molecule has 1 aromatic rings. The minimum absolute atomic E-state index is 0.398. The lowest BCUT2D eigenvalue weighted by atomic mass is 10.8. The second-order valence-corrected chi connectivity index (χ2v) is 1.14. The molecule has 7 heteroatoms. The van der Waals surface area contributed by atoms with Gasteiger partial charge in [0, 0.05) is 0 Å². The van der Waals surface area contributed by atoms with Gasteiger partial charge in [0.25, 0.3) is 0 Å². The van der Waals surface area contributed by atoms with Gasteiger partial charge in [-0.3, -0.25) is 0 Å². The highest BCUT2D eigenvalue weighted by Crippen LogP contribution is 1.96. The van der Waals surface area contributed by atoms with E-state index in [1.165, 1.54) is 0 Å². The molecule has 7 nitrogen and oxygen atoms in total. The van der Waals surface area contributed by atoms with Crippen LogP contribution in [0.1, 0.15) is 0 Å². The summed E-state index contributed by atoms with van der Waals surface area (Å²) in [4.78, 5) is 9.14. The topological polar surface area (TPSA) is 94.7 Å². The fourth-order valence-corrected chi connectivity index (χ4v) is 0.276. The molecule has 0 saturated heterocycles. The Morgan fingerprint density at radius 3 is 2.67 bits per heavy atom. The van der Waals surface area contributed by atoms with Crippen molar-refractivity contribution in [2.24, 2.45) is 0 Å². The lowest BCUT2D eigenvalue weighted by Crippen LogP contribution is -1.96. The smallest absolute Gasteiger partial charge is 0.358 e. The predicted octanol–water partition coefficient (Wildman–Crippen LogP) is -0.825. The first-order chi connectivity index (χ1) is 4.30. The summed E-state index contributed by atoms with van der Waals surface area (Å²) in [5.74, 6) is -0.398. The number of nitrogens with zero attached hydrogens (tertiary/aromatic N) is 5. The maximum absolute atomic E-state index is 9.84. The van der Waals surface area contributed by atoms with E-state index in [1.807, 2.05) is 0 Å². The molecule has 0 fully saturated rings. The van der Waals surface area contributed by atoms with Gasteiger partial charge in [-0.05, 0) is 10.1 Å². The molecule has 1 aromatic heterocycles. The van der Waals surface area contributed by atoms with E-state index in [-0.39, 0.29) is 0 Å². The third kappa shape index (κ3) is 1.12. The Balaban J connectivity index is 2.98. The number of aromatic nitrogens is 4. The average Bonchev–Trinajstić information content (AvgIpc) is 1.90. The van der Waals surface area contributed by atoms with Gasteiger partial charge in [-0.25, -0.2) is 0 Å². The molecule has 0 aliphatic carbocycles. The summed E-state index contributed by atoms with van der Waals surface area (Å²) in [7, 11) is 0. The summed E-state index contributed by atoms with van der Waals surface area (Å²) in [5, 5.41) is 22.0. The first-order valence-corrected chi connectivity index (χ1v) is 1.96. The van der Waals surface area contributed by atoms with Gasteiger partial charge in [0.1, 0.15) is 5.10 Å². The third-order valence-electron chi connectivity index (χ3n) is 0.599. The number of hydrogen-bond donors (Lipinski definition) is 0. The maximum atomic E-state index is 9.84. The van der Waals surface area contributed by atoms with Crippen LogP contribution in [0.4, 0.5) is 5.82 Å². The first-order valence-electron chi connectivity index (χ1n) is 1.96. The normalized spacial score (nSPS) is 8.89. The second kappa shape index (κ2) is 2.07. The summed E-state index contributed by atoms with van der Waals surface area (Å²) in [6.07, 6.45) is 0.924. The lowest BCUT2D eigenvalue weighted by molar-refractivity contribution is -0.390. The van der Waals surface area contributed by atoms with Gasteiger partial charge in [0.15, 0.2) is 6.20 Å². The highest BCUT2D eigenvalue weighted by molar-refractivity contribution is 5.05. The molecular weight excluding hydrogens is 126 g/mol. The summed E-state index contributed by atoms with van der Waals surface area (Å²) in [5.41, 5.74) is 0. The van der Waals surface area contributed by atoms with E-state index >= 15 is 0 Å². The standard InChI is InChI=1S/C2HN5O2/c8-7(9)2-1-3-5-6-4-2/h1H. The fourth-order valence-electron chi connectivity index (χ4n) is 0.276. The van der Waals surface area contributed by atoms with Crippen molar-refractivity contribution in [3.05, 3.63) is 16.3 Å². The molecule has 46 valence electrons. The molecule has 1 rings (SSSR count). The zero-order valence-electron chi connectivity index (χ0n) is 4.13. The Kier molecular flexibility index (Phi) is 1.26.